The van der Waals surface area contributed by atoms with E-state index < -0.39 is 26.6 Å². The molecular weight excluding hydrogens is 302 g/mol. The van der Waals surface area contributed by atoms with Gasteiger partial charge in [0, 0.05) is 19.2 Å². The molecule has 21 heavy (non-hydrogen) atoms. The van der Waals surface area contributed by atoms with E-state index >= 15 is 0 Å². The summed E-state index contributed by atoms with van der Waals surface area (Å²) in [4.78, 5) is -0.697. The molecule has 1 aromatic heterocycles. The summed E-state index contributed by atoms with van der Waals surface area (Å²) in [6.07, 6.45) is 0. The lowest BCUT2D eigenvalue weighted by Crippen LogP contribution is -2.27. The smallest absolute Gasteiger partial charge is 0.246 e. The maximum Gasteiger partial charge on any atom is 0.246 e. The van der Waals surface area contributed by atoms with Gasteiger partial charge >= 0.3 is 0 Å². The van der Waals surface area contributed by atoms with Crippen LogP contribution in [0.3, 0.4) is 0 Å². The molecular formula is C13H14F2N2O3S. The summed E-state index contributed by atoms with van der Waals surface area (Å²) in [5.41, 5.74) is 1.15. The molecule has 0 spiro atoms. The third-order valence-electron chi connectivity index (χ3n) is 3.14. The molecule has 0 atom stereocenters. The van der Waals surface area contributed by atoms with Crippen molar-refractivity contribution in [2.75, 3.05) is 7.05 Å². The van der Waals surface area contributed by atoms with Gasteiger partial charge in [-0.05, 0) is 32.0 Å². The lowest BCUT2D eigenvalue weighted by Gasteiger charge is -2.17. The Kier molecular flexibility index (Phi) is 4.11. The monoisotopic (exact) mass is 316 g/mol. The molecule has 0 radical (unpaired) electrons. The molecule has 0 N–H and O–H groups in total. The molecule has 0 aliphatic heterocycles. The Morgan fingerprint density at radius 3 is 2.52 bits per heavy atom. The second-order valence-corrected chi connectivity index (χ2v) is 6.65. The quantitative estimate of drug-likeness (QED) is 0.869. The number of hydrogen-bond donors (Lipinski definition) is 0. The zero-order valence-corrected chi connectivity index (χ0v) is 12.5. The Labute approximate surface area is 121 Å². The van der Waals surface area contributed by atoms with Crippen LogP contribution in [-0.4, -0.2) is 24.9 Å². The van der Waals surface area contributed by atoms with Gasteiger partial charge in [-0.3, -0.25) is 0 Å². The Balaban J connectivity index is 2.37. The summed E-state index contributed by atoms with van der Waals surface area (Å²) < 4.78 is 57.4. The molecule has 8 heteroatoms. The molecule has 0 aliphatic carbocycles. The summed E-state index contributed by atoms with van der Waals surface area (Å²) >= 11 is 0. The molecule has 1 heterocycles. The van der Waals surface area contributed by atoms with Gasteiger partial charge in [0.25, 0.3) is 0 Å². The molecule has 2 aromatic rings. The Hall–Kier alpha value is -1.80. The van der Waals surface area contributed by atoms with E-state index in [9.17, 15) is 17.2 Å². The number of hydrogen-bond acceptors (Lipinski definition) is 4. The minimum Gasteiger partial charge on any atom is -0.361 e. The van der Waals surface area contributed by atoms with Gasteiger partial charge in [0.2, 0.25) is 10.0 Å². The molecule has 0 aliphatic rings. The van der Waals surface area contributed by atoms with Crippen LogP contribution in [0, 0.1) is 25.5 Å². The summed E-state index contributed by atoms with van der Waals surface area (Å²) in [5, 5.41) is 3.73. The van der Waals surface area contributed by atoms with Crippen LogP contribution in [0.1, 0.15) is 17.0 Å². The standard InChI is InChI=1S/C13H14F2N2O3S/c1-8-11(9(2)20-16-8)7-17(3)21(18,19)13-6-10(14)4-5-12(13)15/h4-6H,7H2,1-3H3. The Morgan fingerprint density at radius 1 is 1.29 bits per heavy atom. The van der Waals surface area contributed by atoms with Gasteiger partial charge in [-0.1, -0.05) is 5.16 Å². The highest BCUT2D eigenvalue weighted by molar-refractivity contribution is 7.89. The largest absolute Gasteiger partial charge is 0.361 e. The fourth-order valence-electron chi connectivity index (χ4n) is 1.88. The molecule has 0 amide bonds. The van der Waals surface area contributed by atoms with Gasteiger partial charge in [0.05, 0.1) is 5.69 Å². The van der Waals surface area contributed by atoms with E-state index in [1.165, 1.54) is 7.05 Å². The van der Waals surface area contributed by atoms with Crippen LogP contribution >= 0.6 is 0 Å². The minimum absolute atomic E-state index is 0.0422. The van der Waals surface area contributed by atoms with Crippen molar-refractivity contribution in [3.63, 3.8) is 0 Å². The van der Waals surface area contributed by atoms with Crippen LogP contribution in [0.15, 0.2) is 27.6 Å². The summed E-state index contributed by atoms with van der Waals surface area (Å²) in [6.45, 7) is 3.28. The van der Waals surface area contributed by atoms with E-state index in [0.717, 1.165) is 16.4 Å². The van der Waals surface area contributed by atoms with E-state index in [2.05, 4.69) is 5.16 Å². The average molecular weight is 316 g/mol. The Morgan fingerprint density at radius 2 is 1.95 bits per heavy atom. The van der Waals surface area contributed by atoms with Crippen LogP contribution in [0.5, 0.6) is 0 Å². The van der Waals surface area contributed by atoms with Crippen molar-refractivity contribution >= 4 is 10.0 Å². The minimum atomic E-state index is -4.15. The number of benzene rings is 1. The highest BCUT2D eigenvalue weighted by Crippen LogP contribution is 2.22. The van der Waals surface area contributed by atoms with Gasteiger partial charge < -0.3 is 4.52 Å². The van der Waals surface area contributed by atoms with E-state index in [1.54, 1.807) is 13.8 Å². The van der Waals surface area contributed by atoms with E-state index in [4.69, 9.17) is 4.52 Å². The van der Waals surface area contributed by atoms with Crippen molar-refractivity contribution in [3.05, 3.63) is 46.9 Å². The van der Waals surface area contributed by atoms with Crippen molar-refractivity contribution in [2.24, 2.45) is 0 Å². The zero-order chi connectivity index (χ0) is 15.8. The molecule has 0 unspecified atom stereocenters. The highest BCUT2D eigenvalue weighted by atomic mass is 32.2. The molecule has 0 saturated carbocycles. The Bertz CT molecular complexity index is 752. The summed E-state index contributed by atoms with van der Waals surface area (Å²) in [7, 11) is -2.87. The predicted molar refractivity (Wildman–Crippen MR) is 71.0 cm³/mol. The number of aryl methyl sites for hydroxylation is 2. The zero-order valence-electron chi connectivity index (χ0n) is 11.7. The first-order valence-corrected chi connectivity index (χ1v) is 7.50. The first-order valence-electron chi connectivity index (χ1n) is 6.06. The summed E-state index contributed by atoms with van der Waals surface area (Å²) in [5.74, 6) is -1.34. The lowest BCUT2D eigenvalue weighted by molar-refractivity contribution is 0.389. The van der Waals surface area contributed by atoms with Crippen LogP contribution in [0.4, 0.5) is 8.78 Å². The third kappa shape index (κ3) is 2.96. The van der Waals surface area contributed by atoms with Gasteiger partial charge in [-0.25, -0.2) is 17.2 Å². The average Bonchev–Trinajstić information content (AvgIpc) is 2.73. The topological polar surface area (TPSA) is 63.4 Å². The molecule has 1 aromatic carbocycles. The van der Waals surface area contributed by atoms with Crippen LogP contribution in [0.2, 0.25) is 0 Å². The highest BCUT2D eigenvalue weighted by Gasteiger charge is 2.26. The SMILES string of the molecule is Cc1noc(C)c1CN(C)S(=O)(=O)c1cc(F)ccc1F. The van der Waals surface area contributed by atoms with Crippen molar-refractivity contribution in [1.82, 2.24) is 9.46 Å². The molecule has 0 fully saturated rings. The second-order valence-electron chi connectivity index (χ2n) is 4.64. The first kappa shape index (κ1) is 15.6. The van der Waals surface area contributed by atoms with E-state index in [-0.39, 0.29) is 6.54 Å². The molecule has 0 saturated heterocycles. The van der Waals surface area contributed by atoms with Crippen LogP contribution < -0.4 is 0 Å². The number of rotatable bonds is 4. The van der Waals surface area contributed by atoms with E-state index in [1.807, 2.05) is 0 Å². The molecule has 5 nitrogen and oxygen atoms in total. The van der Waals surface area contributed by atoms with Gasteiger partial charge in [-0.15, -0.1) is 0 Å². The first-order chi connectivity index (χ1) is 9.73. The maximum absolute atomic E-state index is 13.7. The number of aromatic nitrogens is 1. The van der Waals surface area contributed by atoms with E-state index in [0.29, 0.717) is 23.1 Å². The van der Waals surface area contributed by atoms with Gasteiger partial charge in [-0.2, -0.15) is 4.31 Å². The number of nitrogens with zero attached hydrogens (tertiary/aromatic N) is 2. The fourth-order valence-corrected chi connectivity index (χ4v) is 3.09. The molecule has 114 valence electrons. The van der Waals surface area contributed by atoms with Gasteiger partial charge in [0.1, 0.15) is 22.3 Å². The van der Waals surface area contributed by atoms with Crippen molar-refractivity contribution in [1.29, 1.82) is 0 Å². The van der Waals surface area contributed by atoms with Crippen molar-refractivity contribution < 1.29 is 21.7 Å². The van der Waals surface area contributed by atoms with Crippen LogP contribution in [0.25, 0.3) is 0 Å². The van der Waals surface area contributed by atoms with Gasteiger partial charge in [0.15, 0.2) is 0 Å². The predicted octanol–water partition coefficient (Wildman–Crippen LogP) is 2.39. The summed E-state index contributed by atoms with van der Waals surface area (Å²) in [6, 6.07) is 2.31. The second kappa shape index (κ2) is 5.53. The molecule has 0 bridgehead atoms. The van der Waals surface area contributed by atoms with Crippen molar-refractivity contribution in [3.8, 4) is 0 Å². The molecule has 2 rings (SSSR count). The normalized spacial score (nSPS) is 12.1. The number of sulfonamides is 1. The fraction of sp³-hybridized carbons (Fsp3) is 0.308. The van der Waals surface area contributed by atoms with Crippen molar-refractivity contribution in [2.45, 2.75) is 25.3 Å². The van der Waals surface area contributed by atoms with Crippen LogP contribution in [-0.2, 0) is 16.6 Å². The maximum atomic E-state index is 13.7. The lowest BCUT2D eigenvalue weighted by atomic mass is 10.2. The third-order valence-corrected chi connectivity index (χ3v) is 4.96. The number of halogens is 2.